The summed E-state index contributed by atoms with van der Waals surface area (Å²) in [6, 6.07) is 5.53. The lowest BCUT2D eigenvalue weighted by atomic mass is 9.84. The molecule has 2 rings (SSSR count). The first-order valence-electron chi connectivity index (χ1n) is 7.40. The topological polar surface area (TPSA) is 73.6 Å². The lowest BCUT2D eigenvalue weighted by Gasteiger charge is -2.27. The zero-order valence-electron chi connectivity index (χ0n) is 12.7. The van der Waals surface area contributed by atoms with Crippen LogP contribution in [-0.4, -0.2) is 26.2 Å². The van der Waals surface area contributed by atoms with E-state index in [4.69, 9.17) is 15.2 Å². The van der Waals surface area contributed by atoms with Crippen molar-refractivity contribution in [3.8, 4) is 11.5 Å². The molecule has 0 saturated heterocycles. The minimum atomic E-state index is -0.0737. The van der Waals surface area contributed by atoms with E-state index in [-0.39, 0.29) is 17.9 Å². The van der Waals surface area contributed by atoms with Crippen molar-refractivity contribution in [2.24, 2.45) is 11.7 Å². The summed E-state index contributed by atoms with van der Waals surface area (Å²) >= 11 is 0. The van der Waals surface area contributed by atoms with E-state index in [9.17, 15) is 4.79 Å². The van der Waals surface area contributed by atoms with E-state index >= 15 is 0 Å². The van der Waals surface area contributed by atoms with Gasteiger partial charge in [-0.05, 0) is 31.0 Å². The van der Waals surface area contributed by atoms with Gasteiger partial charge in [0.2, 0.25) is 5.91 Å². The molecule has 5 nitrogen and oxygen atoms in total. The quantitative estimate of drug-likeness (QED) is 0.868. The highest BCUT2D eigenvalue weighted by molar-refractivity contribution is 5.79. The molecule has 0 bridgehead atoms. The van der Waals surface area contributed by atoms with Crippen molar-refractivity contribution in [3.63, 3.8) is 0 Å². The molecule has 1 saturated carbocycles. The number of carbonyl (C=O) groups excluding carboxylic acids is 1. The third-order valence-electron chi connectivity index (χ3n) is 4.10. The Bertz CT molecular complexity index is 490. The van der Waals surface area contributed by atoms with Gasteiger partial charge in [-0.1, -0.05) is 12.8 Å². The van der Waals surface area contributed by atoms with Crippen molar-refractivity contribution < 1.29 is 14.3 Å². The fraction of sp³-hybridized carbons (Fsp3) is 0.562. The average molecular weight is 292 g/mol. The molecule has 0 aliphatic heterocycles. The first-order chi connectivity index (χ1) is 10.2. The third-order valence-corrected chi connectivity index (χ3v) is 4.10. The predicted octanol–water partition coefficient (Wildman–Crippen LogP) is 1.84. The zero-order chi connectivity index (χ0) is 15.2. The molecule has 2 unspecified atom stereocenters. The Kier molecular flexibility index (Phi) is 5.44. The molecule has 0 heterocycles. The van der Waals surface area contributed by atoms with Gasteiger partial charge in [-0.2, -0.15) is 0 Å². The number of hydrogen-bond acceptors (Lipinski definition) is 4. The highest BCUT2D eigenvalue weighted by atomic mass is 16.5. The Labute approximate surface area is 125 Å². The van der Waals surface area contributed by atoms with Crippen molar-refractivity contribution >= 4 is 5.91 Å². The van der Waals surface area contributed by atoms with E-state index < -0.39 is 0 Å². The minimum Gasteiger partial charge on any atom is -0.497 e. The van der Waals surface area contributed by atoms with Crippen LogP contribution in [0.5, 0.6) is 11.5 Å². The van der Waals surface area contributed by atoms with Crippen LogP contribution in [0.3, 0.4) is 0 Å². The van der Waals surface area contributed by atoms with E-state index in [0.717, 1.165) is 42.7 Å². The van der Waals surface area contributed by atoms with Gasteiger partial charge in [-0.15, -0.1) is 0 Å². The van der Waals surface area contributed by atoms with Crippen LogP contribution in [-0.2, 0) is 11.3 Å². The smallest absolute Gasteiger partial charge is 0.224 e. The number of ether oxygens (including phenoxy) is 2. The molecule has 2 atom stereocenters. The third kappa shape index (κ3) is 3.88. The second kappa shape index (κ2) is 7.31. The molecule has 3 N–H and O–H groups in total. The highest BCUT2D eigenvalue weighted by Gasteiger charge is 2.28. The number of amides is 1. The highest BCUT2D eigenvalue weighted by Crippen LogP contribution is 2.25. The number of nitrogens with two attached hydrogens (primary N) is 1. The number of rotatable bonds is 5. The lowest BCUT2D eigenvalue weighted by Crippen LogP contribution is -2.43. The summed E-state index contributed by atoms with van der Waals surface area (Å²) < 4.78 is 10.5. The minimum absolute atomic E-state index is 0.0223. The summed E-state index contributed by atoms with van der Waals surface area (Å²) in [6.07, 6.45) is 4.01. The SMILES string of the molecule is COc1ccc(OC)c(CNC(=O)C2CCCCC2N)c1. The summed E-state index contributed by atoms with van der Waals surface area (Å²) in [4.78, 5) is 12.3. The molecule has 0 aromatic heterocycles. The van der Waals surface area contributed by atoms with Crippen LogP contribution in [0, 0.1) is 5.92 Å². The van der Waals surface area contributed by atoms with Gasteiger partial charge in [-0.3, -0.25) is 4.79 Å². The van der Waals surface area contributed by atoms with E-state index in [1.165, 1.54) is 0 Å². The van der Waals surface area contributed by atoms with Gasteiger partial charge in [0.1, 0.15) is 11.5 Å². The molecule has 21 heavy (non-hydrogen) atoms. The van der Waals surface area contributed by atoms with E-state index in [2.05, 4.69) is 5.32 Å². The first-order valence-corrected chi connectivity index (χ1v) is 7.40. The fourth-order valence-electron chi connectivity index (χ4n) is 2.82. The van der Waals surface area contributed by atoms with Crippen molar-refractivity contribution in [1.82, 2.24) is 5.32 Å². The van der Waals surface area contributed by atoms with Crippen LogP contribution in [0.25, 0.3) is 0 Å². The maximum absolute atomic E-state index is 12.3. The van der Waals surface area contributed by atoms with Crippen LogP contribution in [0.1, 0.15) is 31.2 Å². The van der Waals surface area contributed by atoms with Gasteiger partial charge in [0, 0.05) is 18.2 Å². The largest absolute Gasteiger partial charge is 0.497 e. The monoisotopic (exact) mass is 292 g/mol. The molecule has 5 heteroatoms. The van der Waals surface area contributed by atoms with Crippen LogP contribution in [0.15, 0.2) is 18.2 Å². The number of benzene rings is 1. The molecule has 0 radical (unpaired) electrons. The predicted molar refractivity (Wildman–Crippen MR) is 81.3 cm³/mol. The molecule has 1 amide bonds. The van der Waals surface area contributed by atoms with Gasteiger partial charge >= 0.3 is 0 Å². The van der Waals surface area contributed by atoms with Gasteiger partial charge in [0.15, 0.2) is 0 Å². The first kappa shape index (κ1) is 15.6. The van der Waals surface area contributed by atoms with Crippen LogP contribution >= 0.6 is 0 Å². The van der Waals surface area contributed by atoms with Gasteiger partial charge in [0.05, 0.1) is 20.1 Å². The molecule has 1 aliphatic rings. The van der Waals surface area contributed by atoms with Crippen molar-refractivity contribution in [2.75, 3.05) is 14.2 Å². The number of hydrogen-bond donors (Lipinski definition) is 2. The number of methoxy groups -OCH3 is 2. The van der Waals surface area contributed by atoms with Gasteiger partial charge in [-0.25, -0.2) is 0 Å². The Balaban J connectivity index is 2.00. The van der Waals surface area contributed by atoms with E-state index in [1.807, 2.05) is 18.2 Å². The zero-order valence-corrected chi connectivity index (χ0v) is 12.7. The maximum atomic E-state index is 12.3. The average Bonchev–Trinajstić information content (AvgIpc) is 2.52. The summed E-state index contributed by atoms with van der Waals surface area (Å²) in [7, 11) is 3.23. The van der Waals surface area contributed by atoms with Crippen LogP contribution in [0.4, 0.5) is 0 Å². The lowest BCUT2D eigenvalue weighted by molar-refractivity contribution is -0.126. The van der Waals surface area contributed by atoms with E-state index in [1.54, 1.807) is 14.2 Å². The van der Waals surface area contributed by atoms with Crippen molar-refractivity contribution in [3.05, 3.63) is 23.8 Å². The van der Waals surface area contributed by atoms with Crippen LogP contribution < -0.4 is 20.5 Å². The Morgan fingerprint density at radius 1 is 1.29 bits per heavy atom. The van der Waals surface area contributed by atoms with E-state index in [0.29, 0.717) is 6.54 Å². The van der Waals surface area contributed by atoms with Gasteiger partial charge in [0.25, 0.3) is 0 Å². The Morgan fingerprint density at radius 3 is 2.71 bits per heavy atom. The number of carbonyl (C=O) groups is 1. The molecule has 1 aliphatic carbocycles. The van der Waals surface area contributed by atoms with Gasteiger partial charge < -0.3 is 20.5 Å². The van der Waals surface area contributed by atoms with Crippen LogP contribution in [0.2, 0.25) is 0 Å². The molecule has 1 aromatic carbocycles. The molecular formula is C16H24N2O3. The molecule has 1 fully saturated rings. The Hall–Kier alpha value is -1.75. The summed E-state index contributed by atoms with van der Waals surface area (Å²) in [5.41, 5.74) is 6.94. The molecule has 1 aromatic rings. The summed E-state index contributed by atoms with van der Waals surface area (Å²) in [5, 5.41) is 2.97. The maximum Gasteiger partial charge on any atom is 0.224 e. The molecule has 116 valence electrons. The molecule has 0 spiro atoms. The summed E-state index contributed by atoms with van der Waals surface area (Å²) in [5.74, 6) is 1.45. The second-order valence-electron chi connectivity index (χ2n) is 5.45. The molecular weight excluding hydrogens is 268 g/mol. The number of nitrogens with one attached hydrogen (secondary N) is 1. The fourth-order valence-corrected chi connectivity index (χ4v) is 2.82. The Morgan fingerprint density at radius 2 is 2.05 bits per heavy atom. The van der Waals surface area contributed by atoms with Crippen molar-refractivity contribution in [2.45, 2.75) is 38.3 Å². The van der Waals surface area contributed by atoms with Crippen molar-refractivity contribution in [1.29, 1.82) is 0 Å². The standard InChI is InChI=1S/C16H24N2O3/c1-20-12-7-8-15(21-2)11(9-12)10-18-16(19)13-5-3-4-6-14(13)17/h7-9,13-14H,3-6,10,17H2,1-2H3,(H,18,19). The second-order valence-corrected chi connectivity index (χ2v) is 5.45. The summed E-state index contributed by atoms with van der Waals surface area (Å²) in [6.45, 7) is 0.419. The normalized spacial score (nSPS) is 21.7.